The molecule has 1 aromatic rings. The summed E-state index contributed by atoms with van der Waals surface area (Å²) in [6, 6.07) is 5.93. The lowest BCUT2D eigenvalue weighted by molar-refractivity contribution is 0.246. The maximum Gasteiger partial charge on any atom is 0.0602 e. The van der Waals surface area contributed by atoms with Crippen molar-refractivity contribution in [3.63, 3.8) is 0 Å². The molecule has 1 aliphatic rings. The lowest BCUT2D eigenvalue weighted by Crippen LogP contribution is -2.43. The molecule has 1 aromatic heterocycles. The third kappa shape index (κ3) is 2.33. The Balaban J connectivity index is 0.000000720. The Morgan fingerprint density at radius 3 is 2.31 bits per heavy atom. The molecule has 0 amide bonds. The second-order valence-corrected chi connectivity index (χ2v) is 3.22. The van der Waals surface area contributed by atoms with Crippen molar-refractivity contribution in [1.82, 2.24) is 4.98 Å². The zero-order chi connectivity index (χ0) is 7.73. The molecular formula is C9H14Cl2N2. The third-order valence-electron chi connectivity index (χ3n) is 2.42. The van der Waals surface area contributed by atoms with E-state index >= 15 is 0 Å². The van der Waals surface area contributed by atoms with Crippen LogP contribution in [0.2, 0.25) is 0 Å². The standard InChI is InChI=1S/C9H12N2.2ClH/c10-9(5-3-6-9)8-4-1-2-7-11-8;;/h1-2,4,7H,3,5-6,10H2;2*1H. The number of aromatic nitrogens is 1. The van der Waals surface area contributed by atoms with Gasteiger partial charge in [-0.3, -0.25) is 4.98 Å². The number of nitrogens with zero attached hydrogens (tertiary/aromatic N) is 1. The maximum absolute atomic E-state index is 6.06. The van der Waals surface area contributed by atoms with Gasteiger partial charge in [0.05, 0.1) is 11.2 Å². The lowest BCUT2D eigenvalue weighted by Gasteiger charge is -2.37. The van der Waals surface area contributed by atoms with Crippen molar-refractivity contribution >= 4 is 24.8 Å². The molecule has 13 heavy (non-hydrogen) atoms. The smallest absolute Gasteiger partial charge is 0.0602 e. The highest BCUT2D eigenvalue weighted by molar-refractivity contribution is 5.85. The monoisotopic (exact) mass is 220 g/mol. The summed E-state index contributed by atoms with van der Waals surface area (Å²) in [5.41, 5.74) is 7.01. The molecule has 0 atom stereocenters. The van der Waals surface area contributed by atoms with Crippen molar-refractivity contribution < 1.29 is 0 Å². The first-order chi connectivity index (χ1) is 5.31. The fraction of sp³-hybridized carbons (Fsp3) is 0.444. The average Bonchev–Trinajstić information content (AvgIpc) is 2.02. The molecule has 2 rings (SSSR count). The summed E-state index contributed by atoms with van der Waals surface area (Å²) in [6.07, 6.45) is 5.23. The van der Waals surface area contributed by atoms with E-state index in [-0.39, 0.29) is 30.4 Å². The second-order valence-electron chi connectivity index (χ2n) is 3.22. The van der Waals surface area contributed by atoms with Crippen molar-refractivity contribution in [2.45, 2.75) is 24.8 Å². The van der Waals surface area contributed by atoms with Crippen LogP contribution in [-0.2, 0) is 5.54 Å². The van der Waals surface area contributed by atoms with Crippen molar-refractivity contribution in [2.75, 3.05) is 0 Å². The van der Waals surface area contributed by atoms with E-state index in [0.717, 1.165) is 18.5 Å². The molecule has 0 aromatic carbocycles. The average molecular weight is 221 g/mol. The van der Waals surface area contributed by atoms with Gasteiger partial charge in [0.25, 0.3) is 0 Å². The zero-order valence-electron chi connectivity index (χ0n) is 7.27. The molecule has 2 N–H and O–H groups in total. The summed E-state index contributed by atoms with van der Waals surface area (Å²) in [5, 5.41) is 0. The van der Waals surface area contributed by atoms with Gasteiger partial charge in [0.1, 0.15) is 0 Å². The molecule has 1 saturated carbocycles. The minimum absolute atomic E-state index is 0. The van der Waals surface area contributed by atoms with E-state index in [2.05, 4.69) is 4.98 Å². The van der Waals surface area contributed by atoms with Crippen molar-refractivity contribution in [2.24, 2.45) is 5.73 Å². The molecular weight excluding hydrogens is 207 g/mol. The van der Waals surface area contributed by atoms with Crippen LogP contribution in [0.3, 0.4) is 0 Å². The highest BCUT2D eigenvalue weighted by Gasteiger charge is 2.35. The van der Waals surface area contributed by atoms with E-state index < -0.39 is 0 Å². The van der Waals surface area contributed by atoms with E-state index in [4.69, 9.17) is 5.73 Å². The summed E-state index contributed by atoms with van der Waals surface area (Å²) < 4.78 is 0. The molecule has 74 valence electrons. The Hall–Kier alpha value is -0.310. The number of pyridine rings is 1. The van der Waals surface area contributed by atoms with Crippen LogP contribution in [-0.4, -0.2) is 4.98 Å². The Bertz CT molecular complexity index is 247. The van der Waals surface area contributed by atoms with Gasteiger partial charge in [-0.25, -0.2) is 0 Å². The van der Waals surface area contributed by atoms with Crippen LogP contribution in [0, 0.1) is 0 Å². The highest BCUT2D eigenvalue weighted by Crippen LogP contribution is 2.37. The number of halogens is 2. The van der Waals surface area contributed by atoms with Crippen LogP contribution in [0.15, 0.2) is 24.4 Å². The van der Waals surface area contributed by atoms with E-state index in [9.17, 15) is 0 Å². The molecule has 0 radical (unpaired) electrons. The van der Waals surface area contributed by atoms with Gasteiger partial charge in [-0.1, -0.05) is 6.07 Å². The fourth-order valence-corrected chi connectivity index (χ4v) is 1.47. The normalized spacial score (nSPS) is 17.6. The molecule has 1 fully saturated rings. The zero-order valence-corrected chi connectivity index (χ0v) is 8.90. The van der Waals surface area contributed by atoms with E-state index in [0.29, 0.717) is 0 Å². The molecule has 4 heteroatoms. The largest absolute Gasteiger partial charge is 0.320 e. The molecule has 2 nitrogen and oxygen atoms in total. The van der Waals surface area contributed by atoms with Crippen LogP contribution in [0.4, 0.5) is 0 Å². The Labute approximate surface area is 90.8 Å². The second kappa shape index (κ2) is 4.80. The van der Waals surface area contributed by atoms with Crippen molar-refractivity contribution in [1.29, 1.82) is 0 Å². The molecule has 1 heterocycles. The van der Waals surface area contributed by atoms with Gasteiger partial charge >= 0.3 is 0 Å². The molecule has 0 unspecified atom stereocenters. The highest BCUT2D eigenvalue weighted by atomic mass is 35.5. The summed E-state index contributed by atoms with van der Waals surface area (Å²) in [7, 11) is 0. The molecule has 1 aliphatic carbocycles. The molecule has 0 aliphatic heterocycles. The predicted octanol–water partition coefficient (Wildman–Crippen LogP) is 2.26. The Morgan fingerprint density at radius 1 is 1.23 bits per heavy atom. The van der Waals surface area contributed by atoms with Crippen LogP contribution in [0.1, 0.15) is 25.0 Å². The van der Waals surface area contributed by atoms with Crippen LogP contribution in [0.5, 0.6) is 0 Å². The van der Waals surface area contributed by atoms with E-state index in [1.807, 2.05) is 24.4 Å². The van der Waals surface area contributed by atoms with Crippen molar-refractivity contribution in [3.8, 4) is 0 Å². The minimum atomic E-state index is -0.0960. The van der Waals surface area contributed by atoms with Gasteiger partial charge in [-0.2, -0.15) is 0 Å². The number of hydrogen-bond donors (Lipinski definition) is 1. The first kappa shape index (κ1) is 12.7. The van der Waals surface area contributed by atoms with Gasteiger partial charge in [-0.05, 0) is 31.4 Å². The van der Waals surface area contributed by atoms with Crippen LogP contribution < -0.4 is 5.73 Å². The van der Waals surface area contributed by atoms with Crippen molar-refractivity contribution in [3.05, 3.63) is 30.1 Å². The van der Waals surface area contributed by atoms with Gasteiger partial charge in [0.2, 0.25) is 0 Å². The van der Waals surface area contributed by atoms with E-state index in [1.54, 1.807) is 0 Å². The fourth-order valence-electron chi connectivity index (χ4n) is 1.47. The number of hydrogen-bond acceptors (Lipinski definition) is 2. The van der Waals surface area contributed by atoms with Crippen LogP contribution in [0.25, 0.3) is 0 Å². The molecule has 0 saturated heterocycles. The number of nitrogens with two attached hydrogens (primary N) is 1. The number of rotatable bonds is 1. The van der Waals surface area contributed by atoms with E-state index in [1.165, 1.54) is 6.42 Å². The Morgan fingerprint density at radius 2 is 1.92 bits per heavy atom. The molecule has 0 spiro atoms. The summed E-state index contributed by atoms with van der Waals surface area (Å²) >= 11 is 0. The summed E-state index contributed by atoms with van der Waals surface area (Å²) in [5.74, 6) is 0. The van der Waals surface area contributed by atoms with Crippen LogP contribution >= 0.6 is 24.8 Å². The Kier molecular flexibility index (Phi) is 4.68. The lowest BCUT2D eigenvalue weighted by atomic mass is 9.75. The molecule has 0 bridgehead atoms. The summed E-state index contributed by atoms with van der Waals surface area (Å²) in [4.78, 5) is 4.25. The van der Waals surface area contributed by atoms with Gasteiger partial charge in [0, 0.05) is 6.20 Å². The maximum atomic E-state index is 6.06. The quantitative estimate of drug-likeness (QED) is 0.789. The third-order valence-corrected chi connectivity index (χ3v) is 2.42. The predicted molar refractivity (Wildman–Crippen MR) is 58.4 cm³/mol. The first-order valence-corrected chi connectivity index (χ1v) is 4.02. The summed E-state index contributed by atoms with van der Waals surface area (Å²) in [6.45, 7) is 0. The minimum Gasteiger partial charge on any atom is -0.320 e. The topological polar surface area (TPSA) is 38.9 Å². The van der Waals surface area contributed by atoms with Gasteiger partial charge in [0.15, 0.2) is 0 Å². The van der Waals surface area contributed by atoms with Gasteiger partial charge < -0.3 is 5.73 Å². The SMILES string of the molecule is Cl.Cl.NC1(c2ccccn2)CCC1. The van der Waals surface area contributed by atoms with Gasteiger partial charge in [-0.15, -0.1) is 24.8 Å². The first-order valence-electron chi connectivity index (χ1n) is 4.02.